The fourth-order valence-corrected chi connectivity index (χ4v) is 0.899. The van der Waals surface area contributed by atoms with Gasteiger partial charge in [0.1, 0.15) is 0 Å². The molecule has 46 valence electrons. The van der Waals surface area contributed by atoms with Gasteiger partial charge in [0.2, 0.25) is 0 Å². The van der Waals surface area contributed by atoms with Crippen LogP contribution in [0.4, 0.5) is 0 Å². The molecule has 1 N–H and O–H groups in total. The van der Waals surface area contributed by atoms with E-state index in [4.69, 9.17) is 0 Å². The van der Waals surface area contributed by atoms with Crippen LogP contribution >= 0.6 is 0 Å². The quantitative estimate of drug-likeness (QED) is 0.309. The third kappa shape index (κ3) is 3.27. The molecule has 0 amide bonds. The van der Waals surface area contributed by atoms with E-state index in [1.165, 1.54) is 0 Å². The molecule has 1 aliphatic rings. The summed E-state index contributed by atoms with van der Waals surface area (Å²) in [5, 5.41) is 13.2. The van der Waals surface area contributed by atoms with Crippen molar-refractivity contribution in [1.29, 1.82) is 0 Å². The maximum Gasteiger partial charge on any atom is 1.00 e. The molecule has 1 aliphatic heterocycles. The van der Waals surface area contributed by atoms with Gasteiger partial charge in [0, 0.05) is 6.54 Å². The molecule has 1 fully saturated rings. The van der Waals surface area contributed by atoms with Crippen LogP contribution in [0.3, 0.4) is 0 Å². The monoisotopic (exact) mass is 151 g/mol. The van der Waals surface area contributed by atoms with E-state index in [-0.39, 0.29) is 64.0 Å². The van der Waals surface area contributed by atoms with Crippen LogP contribution in [0.5, 0.6) is 0 Å². The molecule has 0 spiro atoms. The molecule has 1 atom stereocenters. The first-order valence-electron chi connectivity index (χ1n) is 2.81. The molecular weight excluding hydrogens is 141 g/mol. The van der Waals surface area contributed by atoms with E-state index in [1.807, 2.05) is 0 Å². The van der Waals surface area contributed by atoms with Crippen molar-refractivity contribution in [3.05, 3.63) is 12.2 Å². The van der Waals surface area contributed by atoms with Gasteiger partial charge < -0.3 is 10.4 Å². The molecule has 0 aromatic carbocycles. The maximum atomic E-state index is 10.2. The van der Waals surface area contributed by atoms with Crippen molar-refractivity contribution in [2.24, 2.45) is 0 Å². The Labute approximate surface area is 98.1 Å². The molecule has 0 radical (unpaired) electrons. The minimum absolute atomic E-state index is 0. The van der Waals surface area contributed by atoms with Gasteiger partial charge in [-0.3, -0.25) is 0 Å². The van der Waals surface area contributed by atoms with Gasteiger partial charge in [-0.15, -0.1) is 6.61 Å². The van der Waals surface area contributed by atoms with Crippen molar-refractivity contribution in [3.63, 3.8) is 0 Å². The molecule has 1 saturated heterocycles. The zero-order valence-electron chi connectivity index (χ0n) is 5.81. The Morgan fingerprint density at radius 3 is 2.67 bits per heavy atom. The van der Waals surface area contributed by atoms with Crippen LogP contribution in [0, 0.1) is 0 Å². The summed E-state index contributed by atoms with van der Waals surface area (Å²) in [5.74, 6) is 0. The minimum Gasteiger partial charge on any atom is -0.853 e. The Kier molecular flexibility index (Phi) is 5.74. The van der Waals surface area contributed by atoms with Gasteiger partial charge in [-0.05, 0) is 12.5 Å². The molecule has 1 unspecified atom stereocenters. The van der Waals surface area contributed by atoms with E-state index in [0.29, 0.717) is 0 Å². The first kappa shape index (κ1) is 10.3. The maximum absolute atomic E-state index is 10.2. The molecule has 0 aliphatic carbocycles. The third-order valence-corrected chi connectivity index (χ3v) is 1.38. The summed E-state index contributed by atoms with van der Waals surface area (Å²) in [6.07, 6.45) is 0.878. The van der Waals surface area contributed by atoms with Crippen molar-refractivity contribution in [1.82, 2.24) is 5.32 Å². The average Bonchev–Trinajstić information content (AvgIpc) is 2.14. The molecule has 0 bridgehead atoms. The Hall–Kier alpha value is 1.30. The van der Waals surface area contributed by atoms with Crippen LogP contribution in [0.1, 0.15) is 6.42 Å². The third-order valence-electron chi connectivity index (χ3n) is 1.38. The van der Waals surface area contributed by atoms with Crippen molar-refractivity contribution < 1.29 is 56.5 Å². The SMILES string of the molecule is C=C1CNC(C[O-])C1.[K+]. The van der Waals surface area contributed by atoms with Crippen molar-refractivity contribution >= 4 is 0 Å². The molecule has 9 heavy (non-hydrogen) atoms. The Morgan fingerprint density at radius 1 is 1.78 bits per heavy atom. The van der Waals surface area contributed by atoms with Crippen LogP contribution in [0.25, 0.3) is 0 Å². The van der Waals surface area contributed by atoms with Crippen LogP contribution in [-0.4, -0.2) is 19.2 Å². The molecule has 2 nitrogen and oxygen atoms in total. The van der Waals surface area contributed by atoms with E-state index in [2.05, 4.69) is 11.9 Å². The Balaban J connectivity index is 0.000000640. The normalized spacial score (nSPS) is 25.9. The average molecular weight is 151 g/mol. The van der Waals surface area contributed by atoms with E-state index < -0.39 is 0 Å². The number of nitrogens with one attached hydrogen (secondary N) is 1. The summed E-state index contributed by atoms with van der Waals surface area (Å²) in [7, 11) is 0. The van der Waals surface area contributed by atoms with Crippen molar-refractivity contribution in [2.45, 2.75) is 12.5 Å². The fourth-order valence-electron chi connectivity index (χ4n) is 0.899. The number of hydrogen-bond donors (Lipinski definition) is 1. The molecule has 0 saturated carbocycles. The topological polar surface area (TPSA) is 35.1 Å². The van der Waals surface area contributed by atoms with Gasteiger partial charge in [0.15, 0.2) is 0 Å². The summed E-state index contributed by atoms with van der Waals surface area (Å²) in [4.78, 5) is 0. The molecule has 1 rings (SSSR count). The zero-order valence-corrected chi connectivity index (χ0v) is 8.94. The van der Waals surface area contributed by atoms with Gasteiger partial charge in [0.05, 0.1) is 0 Å². The second kappa shape index (κ2) is 5.01. The van der Waals surface area contributed by atoms with E-state index in [1.54, 1.807) is 0 Å². The first-order valence-corrected chi connectivity index (χ1v) is 2.81. The van der Waals surface area contributed by atoms with Crippen LogP contribution < -0.4 is 61.8 Å². The van der Waals surface area contributed by atoms with E-state index >= 15 is 0 Å². The summed E-state index contributed by atoms with van der Waals surface area (Å²) >= 11 is 0. The predicted octanol–water partition coefficient (Wildman–Crippen LogP) is -3.73. The van der Waals surface area contributed by atoms with Crippen LogP contribution in [0.15, 0.2) is 12.2 Å². The summed E-state index contributed by atoms with van der Waals surface area (Å²) in [5.41, 5.74) is 1.16. The molecule has 0 aromatic heterocycles. The molecule has 3 heteroatoms. The first-order chi connectivity index (χ1) is 3.83. The summed E-state index contributed by atoms with van der Waals surface area (Å²) in [6.45, 7) is 4.58. The van der Waals surface area contributed by atoms with Gasteiger partial charge in [-0.25, -0.2) is 0 Å². The molecule has 0 aromatic rings. The van der Waals surface area contributed by atoms with Gasteiger partial charge in [-0.1, -0.05) is 12.2 Å². The largest absolute Gasteiger partial charge is 1.00 e. The van der Waals surface area contributed by atoms with Crippen LogP contribution in [-0.2, 0) is 0 Å². The Bertz CT molecular complexity index is 105. The number of rotatable bonds is 1. The van der Waals surface area contributed by atoms with E-state index in [0.717, 1.165) is 18.5 Å². The van der Waals surface area contributed by atoms with Crippen molar-refractivity contribution in [2.75, 3.05) is 13.2 Å². The molecular formula is C6H10KNO. The second-order valence-corrected chi connectivity index (χ2v) is 2.20. The zero-order chi connectivity index (χ0) is 5.98. The smallest absolute Gasteiger partial charge is 0.853 e. The van der Waals surface area contributed by atoms with Gasteiger partial charge >= 0.3 is 51.4 Å². The standard InChI is InChI=1S/C6H10NO.K/c1-5-2-6(4-8)7-3-5;/h6-7H,1-4H2;/q-1;+1. The number of hydrogen-bond acceptors (Lipinski definition) is 2. The fraction of sp³-hybridized carbons (Fsp3) is 0.667. The Morgan fingerprint density at radius 2 is 2.44 bits per heavy atom. The minimum atomic E-state index is -0.0149. The van der Waals surface area contributed by atoms with Gasteiger partial charge in [-0.2, -0.15) is 0 Å². The van der Waals surface area contributed by atoms with E-state index in [9.17, 15) is 5.11 Å². The summed E-state index contributed by atoms with van der Waals surface area (Å²) < 4.78 is 0. The van der Waals surface area contributed by atoms with Crippen molar-refractivity contribution in [3.8, 4) is 0 Å². The van der Waals surface area contributed by atoms with Gasteiger partial charge in [0.25, 0.3) is 0 Å². The second-order valence-electron chi connectivity index (χ2n) is 2.20. The molecule has 1 heterocycles. The van der Waals surface area contributed by atoms with Crippen LogP contribution in [0.2, 0.25) is 0 Å². The predicted molar refractivity (Wildman–Crippen MR) is 30.4 cm³/mol. The summed E-state index contributed by atoms with van der Waals surface area (Å²) in [6, 6.07) is 0.169.